The number of halogens is 1. The predicted molar refractivity (Wildman–Crippen MR) is 88.9 cm³/mol. The van der Waals surface area contributed by atoms with Crippen molar-refractivity contribution in [3.63, 3.8) is 0 Å². The van der Waals surface area contributed by atoms with Crippen molar-refractivity contribution in [2.24, 2.45) is 0 Å². The summed E-state index contributed by atoms with van der Waals surface area (Å²) in [6.07, 6.45) is 3.13. The molecule has 0 amide bonds. The second-order valence-corrected chi connectivity index (χ2v) is 5.48. The monoisotopic (exact) mass is 316 g/mol. The first-order chi connectivity index (χ1) is 10.4. The third kappa shape index (κ3) is 3.49. The smallest absolute Gasteiger partial charge is 0.186 e. The number of methoxy groups -OCH3 is 1. The minimum Gasteiger partial charge on any atom is -0.503 e. The number of ether oxygens (including phenoxy) is 1. The zero-order valence-electron chi connectivity index (χ0n) is 12.7. The van der Waals surface area contributed by atoms with Gasteiger partial charge in [-0.15, -0.1) is 0 Å². The number of rotatable bonds is 4. The van der Waals surface area contributed by atoms with E-state index in [1.165, 1.54) is 13.2 Å². The number of ketones is 1. The SMILES string of the molecule is COc1cc(/C=C/C(=O)c2ccc(C)cc2C)cc(Cl)c1O. The van der Waals surface area contributed by atoms with Gasteiger partial charge in [0.15, 0.2) is 17.3 Å². The molecular weight excluding hydrogens is 300 g/mol. The molecule has 2 aromatic rings. The zero-order valence-corrected chi connectivity index (χ0v) is 13.4. The van der Waals surface area contributed by atoms with Gasteiger partial charge < -0.3 is 9.84 Å². The normalized spacial score (nSPS) is 10.9. The lowest BCUT2D eigenvalue weighted by Gasteiger charge is -2.06. The molecule has 0 aliphatic heterocycles. The number of aromatic hydroxyl groups is 1. The highest BCUT2D eigenvalue weighted by Crippen LogP contribution is 2.35. The summed E-state index contributed by atoms with van der Waals surface area (Å²) in [6, 6.07) is 8.90. The molecule has 1 N–H and O–H groups in total. The van der Waals surface area contributed by atoms with Gasteiger partial charge >= 0.3 is 0 Å². The third-order valence-electron chi connectivity index (χ3n) is 3.35. The first kappa shape index (κ1) is 16.1. The Morgan fingerprint density at radius 3 is 2.59 bits per heavy atom. The molecule has 0 bridgehead atoms. The van der Waals surface area contributed by atoms with Gasteiger partial charge in [-0.3, -0.25) is 4.79 Å². The fourth-order valence-corrected chi connectivity index (χ4v) is 2.42. The van der Waals surface area contributed by atoms with Gasteiger partial charge in [-0.2, -0.15) is 0 Å². The first-order valence-corrected chi connectivity index (χ1v) is 7.16. The largest absolute Gasteiger partial charge is 0.503 e. The number of phenolic OH excluding ortho intramolecular Hbond substituents is 1. The quantitative estimate of drug-likeness (QED) is 0.664. The van der Waals surface area contributed by atoms with Crippen molar-refractivity contribution >= 4 is 23.5 Å². The molecule has 2 rings (SSSR count). The molecule has 2 aromatic carbocycles. The topological polar surface area (TPSA) is 46.5 Å². The average Bonchev–Trinajstić information content (AvgIpc) is 2.48. The zero-order chi connectivity index (χ0) is 16.3. The van der Waals surface area contributed by atoms with Crippen molar-refractivity contribution in [3.8, 4) is 11.5 Å². The van der Waals surface area contributed by atoms with E-state index in [9.17, 15) is 9.90 Å². The minimum absolute atomic E-state index is 0.0827. The lowest BCUT2D eigenvalue weighted by molar-refractivity contribution is 0.104. The van der Waals surface area contributed by atoms with Crippen LogP contribution in [0.4, 0.5) is 0 Å². The molecule has 0 heterocycles. The second kappa shape index (κ2) is 6.67. The van der Waals surface area contributed by atoms with Crippen LogP contribution in [-0.2, 0) is 0 Å². The van der Waals surface area contributed by atoms with E-state index in [-0.39, 0.29) is 22.3 Å². The van der Waals surface area contributed by atoms with Crippen molar-refractivity contribution in [2.45, 2.75) is 13.8 Å². The Labute approximate surface area is 134 Å². The van der Waals surface area contributed by atoms with E-state index in [4.69, 9.17) is 16.3 Å². The van der Waals surface area contributed by atoms with Gasteiger partial charge in [0.2, 0.25) is 0 Å². The maximum absolute atomic E-state index is 12.3. The van der Waals surface area contributed by atoms with Crippen LogP contribution in [0.2, 0.25) is 5.02 Å². The number of hydrogen-bond acceptors (Lipinski definition) is 3. The van der Waals surface area contributed by atoms with Gasteiger partial charge in [0, 0.05) is 5.56 Å². The molecular formula is C18H17ClO3. The summed E-state index contributed by atoms with van der Waals surface area (Å²) in [5.74, 6) is 0.0776. The Kier molecular flexibility index (Phi) is 4.88. The Morgan fingerprint density at radius 2 is 1.95 bits per heavy atom. The van der Waals surface area contributed by atoms with E-state index in [1.807, 2.05) is 32.0 Å². The van der Waals surface area contributed by atoms with Crippen LogP contribution >= 0.6 is 11.6 Å². The molecule has 4 heteroatoms. The van der Waals surface area contributed by atoms with Gasteiger partial charge in [0.05, 0.1) is 12.1 Å². The number of phenols is 1. The maximum Gasteiger partial charge on any atom is 0.186 e. The standard InChI is InChI=1S/C18H17ClO3/c1-11-4-6-14(12(2)8-11)16(20)7-5-13-9-15(19)18(21)17(10-13)22-3/h4-10,21H,1-3H3/b7-5+. The fourth-order valence-electron chi connectivity index (χ4n) is 2.20. The summed E-state index contributed by atoms with van der Waals surface area (Å²) in [5, 5.41) is 9.87. The van der Waals surface area contributed by atoms with Gasteiger partial charge in [0.25, 0.3) is 0 Å². The lowest BCUT2D eigenvalue weighted by atomic mass is 10.0. The maximum atomic E-state index is 12.3. The van der Waals surface area contributed by atoms with Gasteiger partial charge in [-0.25, -0.2) is 0 Å². The molecule has 22 heavy (non-hydrogen) atoms. The molecule has 0 saturated carbocycles. The van der Waals surface area contributed by atoms with Crippen molar-refractivity contribution in [1.29, 1.82) is 0 Å². The molecule has 0 aliphatic rings. The number of allylic oxidation sites excluding steroid dienone is 1. The number of carbonyl (C=O) groups is 1. The van der Waals surface area contributed by atoms with Crippen molar-refractivity contribution in [3.05, 3.63) is 63.7 Å². The molecule has 3 nitrogen and oxygen atoms in total. The molecule has 0 atom stereocenters. The Balaban J connectivity index is 2.28. The van der Waals surface area contributed by atoms with E-state index in [0.717, 1.165) is 11.1 Å². The van der Waals surface area contributed by atoms with Crippen LogP contribution in [0.3, 0.4) is 0 Å². The van der Waals surface area contributed by atoms with Crippen LogP contribution in [0.1, 0.15) is 27.0 Å². The summed E-state index contributed by atoms with van der Waals surface area (Å²) in [5.41, 5.74) is 3.40. The summed E-state index contributed by atoms with van der Waals surface area (Å²) in [6.45, 7) is 3.90. The number of hydrogen-bond donors (Lipinski definition) is 1. The summed E-state index contributed by atoms with van der Waals surface area (Å²) >= 11 is 5.92. The molecule has 114 valence electrons. The van der Waals surface area contributed by atoms with E-state index < -0.39 is 0 Å². The van der Waals surface area contributed by atoms with E-state index >= 15 is 0 Å². The molecule has 0 saturated heterocycles. The van der Waals surface area contributed by atoms with Crippen LogP contribution in [0.25, 0.3) is 6.08 Å². The van der Waals surface area contributed by atoms with E-state index in [1.54, 1.807) is 18.2 Å². The molecule has 0 radical (unpaired) electrons. The van der Waals surface area contributed by atoms with Crippen LogP contribution < -0.4 is 4.74 Å². The lowest BCUT2D eigenvalue weighted by Crippen LogP contribution is -1.98. The van der Waals surface area contributed by atoms with Crippen molar-refractivity contribution in [2.75, 3.05) is 7.11 Å². The predicted octanol–water partition coefficient (Wildman–Crippen LogP) is 4.57. The molecule has 0 unspecified atom stereocenters. The average molecular weight is 317 g/mol. The summed E-state index contributed by atoms with van der Waals surface area (Å²) < 4.78 is 5.04. The highest BCUT2D eigenvalue weighted by atomic mass is 35.5. The van der Waals surface area contributed by atoms with E-state index in [0.29, 0.717) is 11.1 Å². The summed E-state index contributed by atoms with van der Waals surface area (Å²) in [7, 11) is 1.44. The van der Waals surface area contributed by atoms with Crippen molar-refractivity contribution < 1.29 is 14.6 Å². The Hall–Kier alpha value is -2.26. The van der Waals surface area contributed by atoms with Gasteiger partial charge in [-0.1, -0.05) is 41.4 Å². The molecule has 0 aromatic heterocycles. The third-order valence-corrected chi connectivity index (χ3v) is 3.63. The van der Waals surface area contributed by atoms with Crippen LogP contribution in [-0.4, -0.2) is 18.0 Å². The number of carbonyl (C=O) groups excluding carboxylic acids is 1. The number of aryl methyl sites for hydroxylation is 2. The Morgan fingerprint density at radius 1 is 1.23 bits per heavy atom. The van der Waals surface area contributed by atoms with Gasteiger partial charge in [-0.05, 0) is 43.2 Å². The van der Waals surface area contributed by atoms with E-state index in [2.05, 4.69) is 0 Å². The summed E-state index contributed by atoms with van der Waals surface area (Å²) in [4.78, 5) is 12.3. The number of benzene rings is 2. The van der Waals surface area contributed by atoms with Crippen molar-refractivity contribution in [1.82, 2.24) is 0 Å². The highest BCUT2D eigenvalue weighted by Gasteiger charge is 2.09. The Bertz CT molecular complexity index is 748. The molecule has 0 fully saturated rings. The molecule has 0 aliphatic carbocycles. The minimum atomic E-state index is -0.109. The first-order valence-electron chi connectivity index (χ1n) is 6.78. The molecule has 0 spiro atoms. The van der Waals surface area contributed by atoms with Crippen LogP contribution in [0.15, 0.2) is 36.4 Å². The fraction of sp³-hybridized carbons (Fsp3) is 0.167. The van der Waals surface area contributed by atoms with Crippen LogP contribution in [0, 0.1) is 13.8 Å². The van der Waals surface area contributed by atoms with Crippen LogP contribution in [0.5, 0.6) is 11.5 Å². The second-order valence-electron chi connectivity index (χ2n) is 5.07. The van der Waals surface area contributed by atoms with Gasteiger partial charge in [0.1, 0.15) is 0 Å². The highest BCUT2D eigenvalue weighted by molar-refractivity contribution is 6.32.